The third-order valence-electron chi connectivity index (χ3n) is 6.05. The second-order valence-electron chi connectivity index (χ2n) is 8.10. The van der Waals surface area contributed by atoms with Gasteiger partial charge in [-0.1, -0.05) is 18.2 Å². The predicted octanol–water partition coefficient (Wildman–Crippen LogP) is 3.77. The number of hydrogen-bond donors (Lipinski definition) is 2. The molecule has 2 heterocycles. The van der Waals surface area contributed by atoms with Crippen LogP contribution >= 0.6 is 0 Å². The Balaban J connectivity index is 1.52. The highest BCUT2D eigenvalue weighted by molar-refractivity contribution is 5.74. The average Bonchev–Trinajstić information content (AvgIpc) is 3.21. The predicted molar refractivity (Wildman–Crippen MR) is 111 cm³/mol. The number of nitrogen functional groups attached to an aromatic ring is 1. The normalized spacial score (nSPS) is 22.3. The van der Waals surface area contributed by atoms with E-state index in [0.29, 0.717) is 18.7 Å². The maximum Gasteiger partial charge on any atom is 0.309 e. The molecule has 4 rings (SSSR count). The van der Waals surface area contributed by atoms with Gasteiger partial charge in [0, 0.05) is 24.7 Å². The molecule has 148 valence electrons. The number of phenolic OH excluding ortho intramolecular Hbond substituents is 1. The largest absolute Gasteiger partial charge is 0.506 e. The van der Waals surface area contributed by atoms with E-state index in [9.17, 15) is 9.90 Å². The number of anilines is 2. The van der Waals surface area contributed by atoms with Crippen molar-refractivity contribution in [1.29, 1.82) is 0 Å². The standard InChI is InChI=1S/C23H28N2O3/c1-15-4-6-17(13-21(15)25-8-2-3-9-25)19-12-18(23(27)28-14-19)10-16-5-7-22(26)20(24)11-16/h4-7,11,13,18-19,26H,2-3,8-10,12,14,24H2,1H3/t18?,19-/m1/s1. The molecule has 0 spiro atoms. The summed E-state index contributed by atoms with van der Waals surface area (Å²) in [6.45, 7) is 4.84. The van der Waals surface area contributed by atoms with E-state index in [-0.39, 0.29) is 23.6 Å². The summed E-state index contributed by atoms with van der Waals surface area (Å²) >= 11 is 0. The van der Waals surface area contributed by atoms with Gasteiger partial charge in [0.05, 0.1) is 18.2 Å². The van der Waals surface area contributed by atoms with E-state index in [2.05, 4.69) is 30.0 Å². The van der Waals surface area contributed by atoms with E-state index in [4.69, 9.17) is 10.5 Å². The number of phenols is 1. The van der Waals surface area contributed by atoms with Gasteiger partial charge in [0.25, 0.3) is 0 Å². The summed E-state index contributed by atoms with van der Waals surface area (Å²) < 4.78 is 5.55. The van der Waals surface area contributed by atoms with E-state index < -0.39 is 0 Å². The third-order valence-corrected chi connectivity index (χ3v) is 6.05. The number of carbonyl (C=O) groups excluding carboxylic acids is 1. The molecule has 2 atom stereocenters. The van der Waals surface area contributed by atoms with Crippen molar-refractivity contribution in [3.8, 4) is 5.75 Å². The number of nitrogens with two attached hydrogens (primary N) is 1. The van der Waals surface area contributed by atoms with Crippen molar-refractivity contribution in [2.45, 2.75) is 38.5 Å². The van der Waals surface area contributed by atoms with Crippen LogP contribution in [-0.4, -0.2) is 30.8 Å². The summed E-state index contributed by atoms with van der Waals surface area (Å²) in [5.74, 6) is -0.0601. The Bertz CT molecular complexity index is 874. The number of rotatable bonds is 4. The highest BCUT2D eigenvalue weighted by atomic mass is 16.5. The van der Waals surface area contributed by atoms with Crippen LogP contribution in [-0.2, 0) is 16.0 Å². The Kier molecular flexibility index (Phi) is 5.16. The second kappa shape index (κ2) is 7.74. The van der Waals surface area contributed by atoms with Gasteiger partial charge >= 0.3 is 5.97 Å². The average molecular weight is 380 g/mol. The van der Waals surface area contributed by atoms with Gasteiger partial charge in [-0.25, -0.2) is 0 Å². The molecule has 0 aromatic heterocycles. The molecular weight excluding hydrogens is 352 g/mol. The Hall–Kier alpha value is -2.69. The van der Waals surface area contributed by atoms with E-state index in [1.165, 1.54) is 29.7 Å². The number of carbonyl (C=O) groups is 1. The molecule has 2 aliphatic heterocycles. The number of hydrogen-bond acceptors (Lipinski definition) is 5. The maximum atomic E-state index is 12.3. The van der Waals surface area contributed by atoms with Crippen LogP contribution in [0.25, 0.3) is 0 Å². The topological polar surface area (TPSA) is 75.8 Å². The number of cyclic esters (lactones) is 1. The lowest BCUT2D eigenvalue weighted by Gasteiger charge is -2.30. The minimum Gasteiger partial charge on any atom is -0.506 e. The Morgan fingerprint density at radius 2 is 1.96 bits per heavy atom. The summed E-state index contributed by atoms with van der Waals surface area (Å²) in [6.07, 6.45) is 3.85. The van der Waals surface area contributed by atoms with Crippen LogP contribution in [0.4, 0.5) is 11.4 Å². The lowest BCUT2D eigenvalue weighted by atomic mass is 9.83. The molecule has 0 amide bonds. The lowest BCUT2D eigenvalue weighted by Crippen LogP contribution is -2.31. The molecule has 5 nitrogen and oxygen atoms in total. The fourth-order valence-corrected chi connectivity index (χ4v) is 4.40. The van der Waals surface area contributed by atoms with Crippen LogP contribution in [0.1, 0.15) is 41.9 Å². The first-order chi connectivity index (χ1) is 13.5. The summed E-state index contributed by atoms with van der Waals surface area (Å²) in [7, 11) is 0. The molecule has 3 N–H and O–H groups in total. The van der Waals surface area contributed by atoms with Gasteiger partial charge in [0.15, 0.2) is 0 Å². The molecule has 28 heavy (non-hydrogen) atoms. The molecular formula is C23H28N2O3. The summed E-state index contributed by atoms with van der Waals surface area (Å²) in [5, 5.41) is 9.61. The number of benzene rings is 2. The molecule has 2 saturated heterocycles. The quantitative estimate of drug-likeness (QED) is 0.480. The van der Waals surface area contributed by atoms with Crippen molar-refractivity contribution in [3.05, 3.63) is 53.1 Å². The second-order valence-corrected chi connectivity index (χ2v) is 8.10. The van der Waals surface area contributed by atoms with Gasteiger partial charge in [0.1, 0.15) is 5.75 Å². The molecule has 0 aliphatic carbocycles. The van der Waals surface area contributed by atoms with Crippen LogP contribution < -0.4 is 10.6 Å². The smallest absolute Gasteiger partial charge is 0.309 e. The van der Waals surface area contributed by atoms with Gasteiger partial charge in [0.2, 0.25) is 0 Å². The molecule has 2 aliphatic rings. The number of aryl methyl sites for hydroxylation is 1. The zero-order valence-corrected chi connectivity index (χ0v) is 16.4. The number of nitrogens with zero attached hydrogens (tertiary/aromatic N) is 1. The summed E-state index contributed by atoms with van der Waals surface area (Å²) in [5.41, 5.74) is 10.9. The van der Waals surface area contributed by atoms with E-state index in [1.54, 1.807) is 12.1 Å². The van der Waals surface area contributed by atoms with Crippen LogP contribution in [0.2, 0.25) is 0 Å². The van der Waals surface area contributed by atoms with E-state index in [1.807, 2.05) is 6.07 Å². The number of aromatic hydroxyl groups is 1. The minimum atomic E-state index is -0.195. The Morgan fingerprint density at radius 1 is 1.18 bits per heavy atom. The van der Waals surface area contributed by atoms with Crippen LogP contribution in [0.15, 0.2) is 36.4 Å². The first-order valence-electron chi connectivity index (χ1n) is 10.1. The molecule has 2 aromatic carbocycles. The molecule has 0 bridgehead atoms. The highest BCUT2D eigenvalue weighted by Crippen LogP contribution is 2.35. The van der Waals surface area contributed by atoms with Gasteiger partial charge in [-0.3, -0.25) is 4.79 Å². The molecule has 0 radical (unpaired) electrons. The van der Waals surface area contributed by atoms with E-state index in [0.717, 1.165) is 25.1 Å². The van der Waals surface area contributed by atoms with Crippen LogP contribution in [0, 0.1) is 12.8 Å². The SMILES string of the molecule is Cc1ccc([C@H]2COC(=O)C(Cc3ccc(O)c(N)c3)C2)cc1N1CCCC1. The highest BCUT2D eigenvalue weighted by Gasteiger charge is 2.32. The van der Waals surface area contributed by atoms with Crippen molar-refractivity contribution >= 4 is 17.3 Å². The molecule has 0 saturated carbocycles. The van der Waals surface area contributed by atoms with Crippen molar-refractivity contribution in [1.82, 2.24) is 0 Å². The fourth-order valence-electron chi connectivity index (χ4n) is 4.40. The molecule has 2 aromatic rings. The summed E-state index contributed by atoms with van der Waals surface area (Å²) in [4.78, 5) is 14.8. The van der Waals surface area contributed by atoms with Gasteiger partial charge in [-0.15, -0.1) is 0 Å². The lowest BCUT2D eigenvalue weighted by molar-refractivity contribution is -0.154. The number of ether oxygens (including phenoxy) is 1. The van der Waals surface area contributed by atoms with Crippen molar-refractivity contribution < 1.29 is 14.6 Å². The van der Waals surface area contributed by atoms with Crippen molar-refractivity contribution in [2.24, 2.45) is 5.92 Å². The zero-order chi connectivity index (χ0) is 19.7. The fraction of sp³-hybridized carbons (Fsp3) is 0.435. The molecule has 2 fully saturated rings. The van der Waals surface area contributed by atoms with Crippen molar-refractivity contribution in [3.63, 3.8) is 0 Å². The first kappa shape index (κ1) is 18.7. The maximum absolute atomic E-state index is 12.3. The van der Waals surface area contributed by atoms with Gasteiger partial charge < -0.3 is 20.5 Å². The van der Waals surface area contributed by atoms with Crippen LogP contribution in [0.5, 0.6) is 5.75 Å². The Labute approximate surface area is 166 Å². The van der Waals surface area contributed by atoms with E-state index >= 15 is 0 Å². The van der Waals surface area contributed by atoms with Gasteiger partial charge in [-0.2, -0.15) is 0 Å². The molecule has 1 unspecified atom stereocenters. The summed E-state index contributed by atoms with van der Waals surface area (Å²) in [6, 6.07) is 11.8. The number of esters is 1. The first-order valence-corrected chi connectivity index (χ1v) is 10.1. The van der Waals surface area contributed by atoms with Crippen LogP contribution in [0.3, 0.4) is 0 Å². The zero-order valence-electron chi connectivity index (χ0n) is 16.4. The minimum absolute atomic E-state index is 0.0712. The Morgan fingerprint density at radius 3 is 2.71 bits per heavy atom. The van der Waals surface area contributed by atoms with Crippen molar-refractivity contribution in [2.75, 3.05) is 30.3 Å². The molecule has 5 heteroatoms. The third kappa shape index (κ3) is 3.79. The monoisotopic (exact) mass is 380 g/mol. The van der Waals surface area contributed by atoms with Gasteiger partial charge in [-0.05, 0) is 67.5 Å².